The van der Waals surface area contributed by atoms with Crippen molar-refractivity contribution in [3.8, 4) is 0 Å². The fourth-order valence-electron chi connectivity index (χ4n) is 4.44. The van der Waals surface area contributed by atoms with Crippen molar-refractivity contribution in [1.82, 2.24) is 10.2 Å². The van der Waals surface area contributed by atoms with Crippen LogP contribution in [-0.2, 0) is 20.9 Å². The molecule has 2 saturated heterocycles. The number of carbonyl (C=O) groups excluding carboxylic acids is 3. The average Bonchev–Trinajstić information content (AvgIpc) is 3.18. The summed E-state index contributed by atoms with van der Waals surface area (Å²) in [5.41, 5.74) is 1.33. The number of morpholine rings is 1. The summed E-state index contributed by atoms with van der Waals surface area (Å²) in [5, 5.41) is 2.80. The predicted molar refractivity (Wildman–Crippen MR) is 121 cm³/mol. The molecule has 2 aliphatic rings. The third kappa shape index (κ3) is 5.25. The Kier molecular flexibility index (Phi) is 6.92. The molecule has 2 fully saturated rings. The number of nitrogens with one attached hydrogen (secondary N) is 1. The van der Waals surface area contributed by atoms with Gasteiger partial charge in [0, 0.05) is 44.2 Å². The van der Waals surface area contributed by atoms with E-state index in [0.717, 1.165) is 11.6 Å². The molecule has 2 heterocycles. The van der Waals surface area contributed by atoms with Gasteiger partial charge in [-0.25, -0.2) is 8.78 Å². The summed E-state index contributed by atoms with van der Waals surface area (Å²) in [6.45, 7) is 5.22. The first-order chi connectivity index (χ1) is 16.2. The molecule has 9 heteroatoms. The Balaban J connectivity index is 1.32. The Labute approximate surface area is 196 Å². The summed E-state index contributed by atoms with van der Waals surface area (Å²) >= 11 is 0. The van der Waals surface area contributed by atoms with Gasteiger partial charge in [0.25, 0.3) is 5.91 Å². The number of amides is 3. The van der Waals surface area contributed by atoms with Gasteiger partial charge in [0.2, 0.25) is 11.8 Å². The second kappa shape index (κ2) is 9.89. The highest BCUT2D eigenvalue weighted by Crippen LogP contribution is 2.28. The molecule has 0 saturated carbocycles. The molecule has 3 amide bonds. The lowest BCUT2D eigenvalue weighted by Crippen LogP contribution is -2.48. The fourth-order valence-corrected chi connectivity index (χ4v) is 4.44. The summed E-state index contributed by atoms with van der Waals surface area (Å²) in [6.07, 6.45) is -0.0767. The van der Waals surface area contributed by atoms with E-state index >= 15 is 0 Å². The van der Waals surface area contributed by atoms with Crippen LogP contribution in [0.4, 0.5) is 14.5 Å². The van der Waals surface area contributed by atoms with Crippen molar-refractivity contribution < 1.29 is 27.9 Å². The first-order valence-corrected chi connectivity index (χ1v) is 11.3. The standard InChI is InChI=1S/C25H27F2N3O4/c1-15-12-29(13-16(2)34-15)25(33)18-5-3-17(4-6-18)11-28-24(32)19-9-23(31)30(14-19)22-8-7-20(26)10-21(22)27/h3-8,10,15-16,19H,9,11-14H2,1-2H3,(H,28,32). The number of ether oxygens (including phenoxy) is 1. The first-order valence-electron chi connectivity index (χ1n) is 11.3. The van der Waals surface area contributed by atoms with Gasteiger partial charge >= 0.3 is 0 Å². The van der Waals surface area contributed by atoms with Gasteiger partial charge in [-0.05, 0) is 43.7 Å². The first kappa shape index (κ1) is 23.8. The normalized spacial score (nSPS) is 22.7. The van der Waals surface area contributed by atoms with E-state index in [1.165, 1.54) is 11.0 Å². The minimum Gasteiger partial charge on any atom is -0.372 e. The van der Waals surface area contributed by atoms with Crippen LogP contribution in [0.15, 0.2) is 42.5 Å². The van der Waals surface area contributed by atoms with E-state index < -0.39 is 17.6 Å². The number of nitrogens with zero attached hydrogens (tertiary/aromatic N) is 2. The Morgan fingerprint density at radius 1 is 1.03 bits per heavy atom. The third-order valence-electron chi connectivity index (χ3n) is 6.07. The molecule has 0 bridgehead atoms. The van der Waals surface area contributed by atoms with Gasteiger partial charge in [-0.15, -0.1) is 0 Å². The van der Waals surface area contributed by atoms with Gasteiger partial charge in [-0.3, -0.25) is 14.4 Å². The molecule has 1 N–H and O–H groups in total. The molecule has 7 nitrogen and oxygen atoms in total. The Morgan fingerprint density at radius 2 is 1.71 bits per heavy atom. The highest BCUT2D eigenvalue weighted by Gasteiger charge is 2.36. The molecular formula is C25H27F2N3O4. The second-order valence-electron chi connectivity index (χ2n) is 8.88. The van der Waals surface area contributed by atoms with E-state index in [9.17, 15) is 23.2 Å². The van der Waals surface area contributed by atoms with Gasteiger partial charge in [0.15, 0.2) is 0 Å². The van der Waals surface area contributed by atoms with Crippen LogP contribution in [0.25, 0.3) is 0 Å². The van der Waals surface area contributed by atoms with Gasteiger partial charge < -0.3 is 19.9 Å². The number of hydrogen-bond acceptors (Lipinski definition) is 4. The van der Waals surface area contributed by atoms with Crippen molar-refractivity contribution >= 4 is 23.4 Å². The molecule has 0 spiro atoms. The van der Waals surface area contributed by atoms with Crippen molar-refractivity contribution in [2.75, 3.05) is 24.5 Å². The maximum atomic E-state index is 14.1. The van der Waals surface area contributed by atoms with E-state index in [-0.39, 0.29) is 55.1 Å². The van der Waals surface area contributed by atoms with Crippen molar-refractivity contribution in [2.45, 2.75) is 39.0 Å². The lowest BCUT2D eigenvalue weighted by atomic mass is 10.1. The summed E-state index contributed by atoms with van der Waals surface area (Å²) < 4.78 is 32.9. The largest absolute Gasteiger partial charge is 0.372 e. The van der Waals surface area contributed by atoms with Gasteiger partial charge in [-0.1, -0.05) is 12.1 Å². The number of benzene rings is 2. The summed E-state index contributed by atoms with van der Waals surface area (Å²) in [5.74, 6) is -2.98. The van der Waals surface area contributed by atoms with Crippen LogP contribution in [0.1, 0.15) is 36.2 Å². The SMILES string of the molecule is CC1CN(C(=O)c2ccc(CNC(=O)C3CC(=O)N(c4ccc(F)cc4F)C3)cc2)CC(C)O1. The molecule has 3 unspecified atom stereocenters. The lowest BCUT2D eigenvalue weighted by molar-refractivity contribution is -0.126. The van der Waals surface area contributed by atoms with Crippen LogP contribution >= 0.6 is 0 Å². The van der Waals surface area contributed by atoms with E-state index in [1.54, 1.807) is 29.2 Å². The Bertz CT molecular complexity index is 1080. The zero-order valence-corrected chi connectivity index (χ0v) is 19.1. The van der Waals surface area contributed by atoms with Crippen LogP contribution < -0.4 is 10.2 Å². The zero-order valence-electron chi connectivity index (χ0n) is 19.1. The third-order valence-corrected chi connectivity index (χ3v) is 6.07. The van der Waals surface area contributed by atoms with Crippen molar-refractivity contribution in [1.29, 1.82) is 0 Å². The van der Waals surface area contributed by atoms with Crippen molar-refractivity contribution in [3.63, 3.8) is 0 Å². The molecule has 0 aliphatic carbocycles. The highest BCUT2D eigenvalue weighted by atomic mass is 19.1. The number of carbonyl (C=O) groups is 3. The highest BCUT2D eigenvalue weighted by molar-refractivity contribution is 6.00. The Morgan fingerprint density at radius 3 is 2.35 bits per heavy atom. The van der Waals surface area contributed by atoms with Crippen LogP contribution in [-0.4, -0.2) is 54.5 Å². The van der Waals surface area contributed by atoms with E-state index in [2.05, 4.69) is 5.32 Å². The molecule has 2 aliphatic heterocycles. The topological polar surface area (TPSA) is 79.0 Å². The van der Waals surface area contributed by atoms with E-state index in [0.29, 0.717) is 24.7 Å². The quantitative estimate of drug-likeness (QED) is 0.728. The number of rotatable bonds is 5. The van der Waals surface area contributed by atoms with Crippen LogP contribution in [0.3, 0.4) is 0 Å². The smallest absolute Gasteiger partial charge is 0.254 e. The molecule has 180 valence electrons. The maximum Gasteiger partial charge on any atom is 0.254 e. The average molecular weight is 472 g/mol. The maximum absolute atomic E-state index is 14.1. The summed E-state index contributed by atoms with van der Waals surface area (Å²) in [7, 11) is 0. The van der Waals surface area contributed by atoms with Crippen LogP contribution in [0.5, 0.6) is 0 Å². The van der Waals surface area contributed by atoms with Gasteiger partial charge in [0.1, 0.15) is 11.6 Å². The van der Waals surface area contributed by atoms with E-state index in [4.69, 9.17) is 4.74 Å². The molecule has 3 atom stereocenters. The monoisotopic (exact) mass is 471 g/mol. The fraction of sp³-hybridized carbons (Fsp3) is 0.400. The minimum atomic E-state index is -0.843. The lowest BCUT2D eigenvalue weighted by Gasteiger charge is -2.35. The van der Waals surface area contributed by atoms with Gasteiger partial charge in [0.05, 0.1) is 23.8 Å². The van der Waals surface area contributed by atoms with Crippen LogP contribution in [0.2, 0.25) is 0 Å². The molecular weight excluding hydrogens is 444 g/mol. The predicted octanol–water partition coefficient (Wildman–Crippen LogP) is 2.88. The molecule has 4 rings (SSSR count). The molecule has 2 aromatic rings. The van der Waals surface area contributed by atoms with Crippen LogP contribution in [0, 0.1) is 17.6 Å². The molecule has 0 aromatic heterocycles. The van der Waals surface area contributed by atoms with Crippen molar-refractivity contribution in [3.05, 3.63) is 65.2 Å². The molecule has 2 aromatic carbocycles. The number of hydrogen-bond donors (Lipinski definition) is 1. The second-order valence-corrected chi connectivity index (χ2v) is 8.88. The molecule has 34 heavy (non-hydrogen) atoms. The zero-order chi connectivity index (χ0) is 24.4. The van der Waals surface area contributed by atoms with E-state index in [1.807, 2.05) is 13.8 Å². The van der Waals surface area contributed by atoms with Gasteiger partial charge in [-0.2, -0.15) is 0 Å². The summed E-state index contributed by atoms with van der Waals surface area (Å²) in [6, 6.07) is 10.0. The van der Waals surface area contributed by atoms with Crippen molar-refractivity contribution in [2.24, 2.45) is 5.92 Å². The summed E-state index contributed by atoms with van der Waals surface area (Å²) in [4.78, 5) is 40.7. The number of anilines is 1. The molecule has 0 radical (unpaired) electrons. The number of halogens is 2. The minimum absolute atomic E-state index is 0.0138. The Hall–Kier alpha value is -3.33.